The average molecular weight is 480 g/mol. The van der Waals surface area contributed by atoms with Crippen molar-refractivity contribution in [2.45, 2.75) is 84.5 Å². The first-order chi connectivity index (χ1) is 15.6. The Kier molecular flexibility index (Phi) is 10.9. The molecule has 0 amide bonds. The topological polar surface area (TPSA) is 95.9 Å². The SMILES string of the molecule is C1CCNCC1.C=C(C)[C@@H]1CCC(C)=C[C@H]1c1c(O)cc(CCCCC)cc1OS(=O)(=O)O. The van der Waals surface area contributed by atoms with E-state index in [9.17, 15) is 18.1 Å². The maximum atomic E-state index is 11.4. The molecule has 6 nitrogen and oxygen atoms in total. The van der Waals surface area contributed by atoms with Gasteiger partial charge in [0, 0.05) is 11.5 Å². The molecular formula is C26H41NO5S. The lowest BCUT2D eigenvalue weighted by Crippen LogP contribution is -2.21. The number of nitrogens with one attached hydrogen (secondary N) is 1. The Balaban J connectivity index is 0.000000554. The summed E-state index contributed by atoms with van der Waals surface area (Å²) in [4.78, 5) is 0. The van der Waals surface area contributed by atoms with Gasteiger partial charge in [0.2, 0.25) is 0 Å². The molecule has 0 spiro atoms. The largest absolute Gasteiger partial charge is 0.507 e. The van der Waals surface area contributed by atoms with Crippen LogP contribution in [0.2, 0.25) is 0 Å². The van der Waals surface area contributed by atoms with Crippen molar-refractivity contribution in [1.29, 1.82) is 0 Å². The second kappa shape index (κ2) is 13.2. The fourth-order valence-electron chi connectivity index (χ4n) is 4.62. The van der Waals surface area contributed by atoms with Crippen LogP contribution >= 0.6 is 0 Å². The summed E-state index contributed by atoms with van der Waals surface area (Å²) in [5, 5.41) is 14.0. The molecule has 186 valence electrons. The molecule has 0 unspecified atom stereocenters. The normalized spacial score (nSPS) is 20.9. The number of benzene rings is 1. The first-order valence-corrected chi connectivity index (χ1v) is 13.5. The van der Waals surface area contributed by atoms with Gasteiger partial charge in [-0.25, -0.2) is 0 Å². The van der Waals surface area contributed by atoms with E-state index in [1.807, 2.05) is 19.9 Å². The molecule has 1 heterocycles. The second-order valence-corrected chi connectivity index (χ2v) is 10.4. The predicted octanol–water partition coefficient (Wildman–Crippen LogP) is 6.08. The van der Waals surface area contributed by atoms with Crippen molar-refractivity contribution in [1.82, 2.24) is 5.32 Å². The monoisotopic (exact) mass is 479 g/mol. The zero-order valence-corrected chi connectivity index (χ0v) is 21.2. The van der Waals surface area contributed by atoms with Crippen LogP contribution in [-0.2, 0) is 16.8 Å². The lowest BCUT2D eigenvalue weighted by molar-refractivity contribution is 0.376. The van der Waals surface area contributed by atoms with Gasteiger partial charge in [0.15, 0.2) is 5.75 Å². The smallest absolute Gasteiger partial charge is 0.446 e. The van der Waals surface area contributed by atoms with Gasteiger partial charge in [0.05, 0.1) is 0 Å². The Hall–Kier alpha value is -1.83. The number of aryl methyl sites for hydroxylation is 1. The standard InChI is InChI=1S/C21H30O5S.C5H11N/c1-5-6-7-8-16-12-19(22)21(20(13-16)26-27(23,24)25)18-11-15(4)9-10-17(18)14(2)3;1-2-4-6-5-3-1/h11-13,17-18,22H,2,5-10H2,1,3-4H3,(H,23,24,25);6H,1-5H2/t17-,18+;/m0./s1. The summed E-state index contributed by atoms with van der Waals surface area (Å²) in [6.45, 7) is 12.6. The van der Waals surface area contributed by atoms with Crippen molar-refractivity contribution in [3.63, 3.8) is 0 Å². The summed E-state index contributed by atoms with van der Waals surface area (Å²) in [5.74, 6) is -0.206. The van der Waals surface area contributed by atoms with Crippen molar-refractivity contribution < 1.29 is 22.3 Å². The number of allylic oxidation sites excluding steroid dienone is 3. The van der Waals surface area contributed by atoms with E-state index < -0.39 is 10.4 Å². The first kappa shape index (κ1) is 27.4. The van der Waals surface area contributed by atoms with E-state index in [4.69, 9.17) is 4.18 Å². The summed E-state index contributed by atoms with van der Waals surface area (Å²) in [6.07, 6.45) is 11.8. The molecule has 1 aromatic carbocycles. The van der Waals surface area contributed by atoms with Gasteiger partial charge in [-0.15, -0.1) is 0 Å². The number of rotatable bonds is 8. The highest BCUT2D eigenvalue weighted by Crippen LogP contribution is 2.47. The zero-order chi connectivity index (χ0) is 24.4. The fourth-order valence-corrected chi connectivity index (χ4v) is 4.98. The van der Waals surface area contributed by atoms with Crippen LogP contribution in [0.15, 0.2) is 35.9 Å². The Labute approximate surface area is 200 Å². The van der Waals surface area contributed by atoms with Crippen molar-refractivity contribution >= 4 is 10.4 Å². The molecule has 1 aliphatic carbocycles. The molecule has 0 bridgehead atoms. The van der Waals surface area contributed by atoms with Gasteiger partial charge < -0.3 is 14.6 Å². The number of phenolic OH excluding ortho intramolecular Hbond substituents is 1. The third kappa shape index (κ3) is 9.14. The summed E-state index contributed by atoms with van der Waals surface area (Å²) in [7, 11) is -4.70. The van der Waals surface area contributed by atoms with E-state index in [0.717, 1.165) is 43.2 Å². The molecule has 3 N–H and O–H groups in total. The van der Waals surface area contributed by atoms with E-state index in [-0.39, 0.29) is 23.3 Å². The molecule has 0 radical (unpaired) electrons. The molecule has 2 atom stereocenters. The molecule has 3 rings (SSSR count). The van der Waals surface area contributed by atoms with Crippen LogP contribution in [0.1, 0.15) is 89.2 Å². The average Bonchev–Trinajstić information content (AvgIpc) is 2.74. The van der Waals surface area contributed by atoms with Crippen LogP contribution in [0.5, 0.6) is 11.5 Å². The van der Waals surface area contributed by atoms with E-state index in [2.05, 4.69) is 18.8 Å². The minimum absolute atomic E-state index is 0.00815. The van der Waals surface area contributed by atoms with Gasteiger partial charge in [0.1, 0.15) is 5.75 Å². The fraction of sp³-hybridized carbons (Fsp3) is 0.615. The third-order valence-electron chi connectivity index (χ3n) is 6.36. The van der Waals surface area contributed by atoms with E-state index in [1.54, 1.807) is 12.1 Å². The highest BCUT2D eigenvalue weighted by Gasteiger charge is 2.31. The van der Waals surface area contributed by atoms with Crippen LogP contribution in [0.4, 0.5) is 0 Å². The Bertz CT molecular complexity index is 907. The van der Waals surface area contributed by atoms with Crippen molar-refractivity contribution in [2.24, 2.45) is 5.92 Å². The summed E-state index contributed by atoms with van der Waals surface area (Å²) >= 11 is 0. The van der Waals surface area contributed by atoms with Gasteiger partial charge in [-0.3, -0.25) is 4.55 Å². The van der Waals surface area contributed by atoms with E-state index in [0.29, 0.717) is 12.0 Å². The van der Waals surface area contributed by atoms with Crippen molar-refractivity contribution in [3.8, 4) is 11.5 Å². The Morgan fingerprint density at radius 2 is 1.91 bits per heavy atom. The Morgan fingerprint density at radius 1 is 1.21 bits per heavy atom. The lowest BCUT2D eigenvalue weighted by atomic mass is 9.73. The molecule has 1 fully saturated rings. The number of unbranched alkanes of at least 4 members (excludes halogenated alkanes) is 2. The molecule has 1 aromatic rings. The lowest BCUT2D eigenvalue weighted by Gasteiger charge is -2.32. The molecule has 0 saturated carbocycles. The van der Waals surface area contributed by atoms with Crippen LogP contribution in [0.25, 0.3) is 0 Å². The van der Waals surface area contributed by atoms with E-state index in [1.165, 1.54) is 37.9 Å². The maximum absolute atomic E-state index is 11.4. The predicted molar refractivity (Wildman–Crippen MR) is 134 cm³/mol. The zero-order valence-electron chi connectivity index (χ0n) is 20.4. The molecular weight excluding hydrogens is 438 g/mol. The number of phenols is 1. The van der Waals surface area contributed by atoms with Crippen LogP contribution < -0.4 is 9.50 Å². The quantitative estimate of drug-likeness (QED) is 0.237. The van der Waals surface area contributed by atoms with Gasteiger partial charge in [0.25, 0.3) is 0 Å². The van der Waals surface area contributed by atoms with Crippen molar-refractivity contribution in [3.05, 3.63) is 47.1 Å². The van der Waals surface area contributed by atoms with Crippen molar-refractivity contribution in [2.75, 3.05) is 13.1 Å². The number of aromatic hydroxyl groups is 1. The molecule has 2 aliphatic rings. The molecule has 0 aromatic heterocycles. The van der Waals surface area contributed by atoms with Crippen LogP contribution in [0, 0.1) is 5.92 Å². The van der Waals surface area contributed by atoms with E-state index >= 15 is 0 Å². The highest BCUT2D eigenvalue weighted by molar-refractivity contribution is 7.81. The van der Waals surface area contributed by atoms with Gasteiger partial charge in [-0.1, -0.05) is 50.0 Å². The third-order valence-corrected chi connectivity index (χ3v) is 6.75. The number of hydrogen-bond donors (Lipinski definition) is 3. The van der Waals surface area contributed by atoms with Crippen LogP contribution in [-0.4, -0.2) is 31.2 Å². The molecule has 33 heavy (non-hydrogen) atoms. The summed E-state index contributed by atoms with van der Waals surface area (Å²) < 4.78 is 37.0. The summed E-state index contributed by atoms with van der Waals surface area (Å²) in [5.41, 5.74) is 3.31. The number of piperidine rings is 1. The molecule has 1 saturated heterocycles. The van der Waals surface area contributed by atoms with Gasteiger partial charge in [-0.05, 0) is 89.1 Å². The van der Waals surface area contributed by atoms with Gasteiger partial charge >= 0.3 is 10.4 Å². The Morgan fingerprint density at radius 3 is 2.42 bits per heavy atom. The molecule has 7 heteroatoms. The highest BCUT2D eigenvalue weighted by atomic mass is 32.3. The van der Waals surface area contributed by atoms with Gasteiger partial charge in [-0.2, -0.15) is 8.42 Å². The maximum Gasteiger partial charge on any atom is 0.446 e. The minimum atomic E-state index is -4.70. The minimum Gasteiger partial charge on any atom is -0.507 e. The summed E-state index contributed by atoms with van der Waals surface area (Å²) in [6, 6.07) is 3.29. The van der Waals surface area contributed by atoms with Crippen LogP contribution in [0.3, 0.4) is 0 Å². The molecule has 1 aliphatic heterocycles. The second-order valence-electron chi connectivity index (χ2n) is 9.34. The first-order valence-electron chi connectivity index (χ1n) is 12.2. The number of hydrogen-bond acceptors (Lipinski definition) is 5.